The zero-order chi connectivity index (χ0) is 9.84. The van der Waals surface area contributed by atoms with Gasteiger partial charge in [-0.25, -0.2) is 0 Å². The van der Waals surface area contributed by atoms with Crippen molar-refractivity contribution in [2.75, 3.05) is 13.9 Å². The predicted octanol–water partition coefficient (Wildman–Crippen LogP) is 3.74. The molecule has 1 rings (SSSR count). The van der Waals surface area contributed by atoms with Crippen molar-refractivity contribution in [3.05, 3.63) is 26.7 Å². The summed E-state index contributed by atoms with van der Waals surface area (Å²) in [7, 11) is 1.53. The minimum atomic E-state index is 0.138. The van der Waals surface area contributed by atoms with E-state index in [1.165, 1.54) is 7.11 Å². The molecule has 0 spiro atoms. The number of methoxy groups -OCH3 is 1. The maximum absolute atomic E-state index is 5.87. The summed E-state index contributed by atoms with van der Waals surface area (Å²) in [6.07, 6.45) is 0. The van der Waals surface area contributed by atoms with Crippen LogP contribution in [-0.4, -0.2) is 13.9 Å². The molecule has 2 nitrogen and oxygen atoms in total. The molecule has 0 saturated heterocycles. The molecule has 0 fully saturated rings. The molecule has 0 bridgehead atoms. The van der Waals surface area contributed by atoms with Crippen molar-refractivity contribution in [2.24, 2.45) is 0 Å². The molecule has 0 saturated carbocycles. The summed E-state index contributed by atoms with van der Waals surface area (Å²) in [5.74, 6) is 0.496. The SMILES string of the molecule is COCOc1c(Cl)ccc(Cl)c1Br. The van der Waals surface area contributed by atoms with Gasteiger partial charge in [-0.3, -0.25) is 0 Å². The van der Waals surface area contributed by atoms with Gasteiger partial charge in [0.15, 0.2) is 12.5 Å². The third-order valence-corrected chi connectivity index (χ3v) is 2.95. The molecule has 72 valence electrons. The van der Waals surface area contributed by atoms with Gasteiger partial charge in [0.05, 0.1) is 14.5 Å². The average Bonchev–Trinajstić information content (AvgIpc) is 2.12. The summed E-state index contributed by atoms with van der Waals surface area (Å²) >= 11 is 15.0. The standard InChI is InChI=1S/C8H7BrCl2O2/c1-12-4-13-8-6(11)3-2-5(10)7(8)9/h2-3H,4H2,1H3. The second-order valence-corrected chi connectivity index (χ2v) is 3.83. The average molecular weight is 286 g/mol. The molecule has 0 aliphatic rings. The van der Waals surface area contributed by atoms with Gasteiger partial charge in [0, 0.05) is 7.11 Å². The van der Waals surface area contributed by atoms with Crippen LogP contribution in [0.1, 0.15) is 0 Å². The monoisotopic (exact) mass is 284 g/mol. The zero-order valence-electron chi connectivity index (χ0n) is 6.81. The molecule has 0 atom stereocenters. The van der Waals surface area contributed by atoms with Gasteiger partial charge in [-0.05, 0) is 28.1 Å². The maximum atomic E-state index is 5.87. The van der Waals surface area contributed by atoms with Crippen molar-refractivity contribution >= 4 is 39.1 Å². The van der Waals surface area contributed by atoms with Gasteiger partial charge >= 0.3 is 0 Å². The first-order valence-electron chi connectivity index (χ1n) is 3.42. The Morgan fingerprint density at radius 1 is 1.31 bits per heavy atom. The molecule has 0 aromatic heterocycles. The van der Waals surface area contributed by atoms with Crippen LogP contribution in [0.3, 0.4) is 0 Å². The van der Waals surface area contributed by atoms with Crippen LogP contribution < -0.4 is 4.74 Å². The van der Waals surface area contributed by atoms with Crippen molar-refractivity contribution in [2.45, 2.75) is 0 Å². The van der Waals surface area contributed by atoms with E-state index in [1.807, 2.05) is 0 Å². The molecule has 0 aliphatic heterocycles. The molecule has 5 heteroatoms. The second kappa shape index (κ2) is 5.05. The Kier molecular flexibility index (Phi) is 4.32. The molecular weight excluding hydrogens is 279 g/mol. The van der Waals surface area contributed by atoms with Gasteiger partial charge in [0.2, 0.25) is 0 Å². The smallest absolute Gasteiger partial charge is 0.188 e. The summed E-state index contributed by atoms with van der Waals surface area (Å²) in [6, 6.07) is 3.35. The Balaban J connectivity index is 2.96. The second-order valence-electron chi connectivity index (χ2n) is 2.22. The molecule has 0 N–H and O–H groups in total. The molecule has 0 radical (unpaired) electrons. The maximum Gasteiger partial charge on any atom is 0.188 e. The topological polar surface area (TPSA) is 18.5 Å². The largest absolute Gasteiger partial charge is 0.465 e. The van der Waals surface area contributed by atoms with Gasteiger partial charge in [-0.15, -0.1) is 0 Å². The van der Waals surface area contributed by atoms with Crippen LogP contribution in [-0.2, 0) is 4.74 Å². The fourth-order valence-electron chi connectivity index (χ4n) is 0.759. The van der Waals surface area contributed by atoms with Gasteiger partial charge < -0.3 is 9.47 Å². The highest BCUT2D eigenvalue weighted by Gasteiger charge is 2.09. The van der Waals surface area contributed by atoms with E-state index in [2.05, 4.69) is 15.9 Å². The highest BCUT2D eigenvalue weighted by Crippen LogP contribution is 2.38. The van der Waals surface area contributed by atoms with E-state index in [4.69, 9.17) is 32.7 Å². The number of rotatable bonds is 3. The van der Waals surface area contributed by atoms with Gasteiger partial charge in [0.25, 0.3) is 0 Å². The molecule has 13 heavy (non-hydrogen) atoms. The quantitative estimate of drug-likeness (QED) is 0.622. The van der Waals surface area contributed by atoms with Gasteiger partial charge in [0.1, 0.15) is 0 Å². The lowest BCUT2D eigenvalue weighted by molar-refractivity contribution is 0.0506. The highest BCUT2D eigenvalue weighted by molar-refractivity contribution is 9.10. The number of ether oxygens (including phenoxy) is 2. The van der Waals surface area contributed by atoms with Crippen LogP contribution in [0.2, 0.25) is 10.0 Å². The normalized spacial score (nSPS) is 10.2. The number of benzene rings is 1. The lowest BCUT2D eigenvalue weighted by Crippen LogP contribution is -2.00. The molecular formula is C8H7BrCl2O2. The predicted molar refractivity (Wildman–Crippen MR) is 56.7 cm³/mol. The zero-order valence-corrected chi connectivity index (χ0v) is 9.91. The Hall–Kier alpha value is 0.0400. The lowest BCUT2D eigenvalue weighted by atomic mass is 10.3. The van der Waals surface area contributed by atoms with E-state index in [-0.39, 0.29) is 6.79 Å². The lowest BCUT2D eigenvalue weighted by Gasteiger charge is -2.09. The molecule has 1 aromatic carbocycles. The van der Waals surface area contributed by atoms with Gasteiger partial charge in [-0.1, -0.05) is 23.2 Å². The molecule has 0 heterocycles. The van der Waals surface area contributed by atoms with Crippen LogP contribution >= 0.6 is 39.1 Å². The van der Waals surface area contributed by atoms with Crippen LogP contribution in [0.15, 0.2) is 16.6 Å². The minimum Gasteiger partial charge on any atom is -0.465 e. The van der Waals surface area contributed by atoms with Crippen molar-refractivity contribution in [3.8, 4) is 5.75 Å². The van der Waals surface area contributed by atoms with Crippen molar-refractivity contribution in [1.82, 2.24) is 0 Å². The molecule has 1 aromatic rings. The number of hydrogen-bond donors (Lipinski definition) is 0. The van der Waals surface area contributed by atoms with E-state index in [9.17, 15) is 0 Å². The third-order valence-electron chi connectivity index (χ3n) is 1.32. The van der Waals surface area contributed by atoms with Crippen LogP contribution in [0, 0.1) is 0 Å². The van der Waals surface area contributed by atoms with E-state index in [1.54, 1.807) is 12.1 Å². The van der Waals surface area contributed by atoms with Crippen molar-refractivity contribution in [3.63, 3.8) is 0 Å². The fourth-order valence-corrected chi connectivity index (χ4v) is 1.69. The first kappa shape index (κ1) is 11.1. The van der Waals surface area contributed by atoms with Crippen molar-refractivity contribution in [1.29, 1.82) is 0 Å². The summed E-state index contributed by atoms with van der Waals surface area (Å²) < 4.78 is 10.6. The van der Waals surface area contributed by atoms with Crippen LogP contribution in [0.4, 0.5) is 0 Å². The summed E-state index contributed by atoms with van der Waals surface area (Å²) in [5.41, 5.74) is 0. The first-order chi connectivity index (χ1) is 6.16. The Bertz CT molecular complexity index is 304. The van der Waals surface area contributed by atoms with Crippen molar-refractivity contribution < 1.29 is 9.47 Å². The third kappa shape index (κ3) is 2.74. The molecule has 0 unspecified atom stereocenters. The fraction of sp³-hybridized carbons (Fsp3) is 0.250. The first-order valence-corrected chi connectivity index (χ1v) is 4.97. The van der Waals surface area contributed by atoms with Gasteiger partial charge in [-0.2, -0.15) is 0 Å². The number of halogens is 3. The molecule has 0 aliphatic carbocycles. The minimum absolute atomic E-state index is 0.138. The number of hydrogen-bond acceptors (Lipinski definition) is 2. The van der Waals surface area contributed by atoms with E-state index < -0.39 is 0 Å². The highest BCUT2D eigenvalue weighted by atomic mass is 79.9. The molecule has 0 amide bonds. The van der Waals surface area contributed by atoms with E-state index in [0.29, 0.717) is 20.3 Å². The van der Waals surface area contributed by atoms with E-state index >= 15 is 0 Å². The van der Waals surface area contributed by atoms with Crippen LogP contribution in [0.25, 0.3) is 0 Å². The Morgan fingerprint density at radius 2 is 1.92 bits per heavy atom. The Morgan fingerprint density at radius 3 is 2.54 bits per heavy atom. The Labute approximate surface area is 94.9 Å². The summed E-state index contributed by atoms with van der Waals surface area (Å²) in [5, 5.41) is 1.05. The summed E-state index contributed by atoms with van der Waals surface area (Å²) in [4.78, 5) is 0. The summed E-state index contributed by atoms with van der Waals surface area (Å²) in [6.45, 7) is 0.138. The van der Waals surface area contributed by atoms with Crippen LogP contribution in [0.5, 0.6) is 5.75 Å². The van der Waals surface area contributed by atoms with E-state index in [0.717, 1.165) is 0 Å².